The summed E-state index contributed by atoms with van der Waals surface area (Å²) < 4.78 is 31.4. The van der Waals surface area contributed by atoms with Gasteiger partial charge in [-0.05, 0) is 19.8 Å². The van der Waals surface area contributed by atoms with Crippen LogP contribution in [0.25, 0.3) is 0 Å². The molecule has 0 aliphatic carbocycles. The number of quaternary nitrogens is 1. The van der Waals surface area contributed by atoms with E-state index in [4.69, 9.17) is 4.55 Å². The Morgan fingerprint density at radius 1 is 0.656 bits per heavy atom. The fraction of sp³-hybridized carbons (Fsp3) is 1.00. The third-order valence-electron chi connectivity index (χ3n) is 6.87. The molecule has 5 nitrogen and oxygen atoms in total. The molecule has 0 amide bonds. The van der Waals surface area contributed by atoms with Gasteiger partial charge in [-0.2, -0.15) is 8.42 Å². The third kappa shape index (κ3) is 21.7. The lowest BCUT2D eigenvalue weighted by atomic mass is 10.0. The molecule has 0 heterocycles. The molecule has 0 fully saturated rings. The van der Waals surface area contributed by atoms with Crippen LogP contribution in [-0.4, -0.2) is 61.1 Å². The van der Waals surface area contributed by atoms with Crippen molar-refractivity contribution in [2.45, 2.75) is 136 Å². The Kier molecular flexibility index (Phi) is 20.1. The molecule has 2 atom stereocenters. The first-order valence-electron chi connectivity index (χ1n) is 13.7. The van der Waals surface area contributed by atoms with Crippen LogP contribution >= 0.6 is 0 Å². The van der Waals surface area contributed by atoms with Gasteiger partial charge in [-0.1, -0.05) is 110 Å². The highest BCUT2D eigenvalue weighted by Gasteiger charge is 2.26. The Bertz CT molecular complexity index is 512. The van der Waals surface area contributed by atoms with E-state index in [2.05, 4.69) is 20.9 Å². The molecule has 0 rings (SSSR count). The van der Waals surface area contributed by atoms with E-state index in [9.17, 15) is 13.5 Å². The summed E-state index contributed by atoms with van der Waals surface area (Å²) in [5.41, 5.74) is 0. The molecule has 0 aromatic heterocycles. The van der Waals surface area contributed by atoms with Gasteiger partial charge in [-0.25, -0.2) is 0 Å². The van der Waals surface area contributed by atoms with E-state index in [1.54, 1.807) is 0 Å². The summed E-state index contributed by atoms with van der Waals surface area (Å²) in [5, 5.41) is 9.95. The van der Waals surface area contributed by atoms with E-state index in [-0.39, 0.29) is 0 Å². The van der Waals surface area contributed by atoms with Crippen molar-refractivity contribution in [2.24, 2.45) is 0 Å². The van der Waals surface area contributed by atoms with Gasteiger partial charge < -0.3 is 9.59 Å². The van der Waals surface area contributed by atoms with Crippen LogP contribution in [0.2, 0.25) is 0 Å². The number of unbranched alkanes of at least 4 members (excludes halogenated alkanes) is 17. The number of nitrogens with zero attached hydrogens (tertiary/aromatic N) is 1. The second-order valence-corrected chi connectivity index (χ2v) is 11.8. The fourth-order valence-corrected chi connectivity index (χ4v) is 5.17. The van der Waals surface area contributed by atoms with E-state index in [0.717, 1.165) is 19.5 Å². The molecule has 6 heteroatoms. The summed E-state index contributed by atoms with van der Waals surface area (Å²) in [6, 6.07) is 0. The van der Waals surface area contributed by atoms with Crippen LogP contribution < -0.4 is 0 Å². The monoisotopic (exact) mass is 478 g/mol. The Morgan fingerprint density at radius 2 is 1.00 bits per heavy atom. The van der Waals surface area contributed by atoms with Gasteiger partial charge in [0.25, 0.3) is 10.1 Å². The predicted molar refractivity (Wildman–Crippen MR) is 138 cm³/mol. The van der Waals surface area contributed by atoms with Gasteiger partial charge in [-0.15, -0.1) is 0 Å². The van der Waals surface area contributed by atoms with Crippen LogP contribution in [0, 0.1) is 0 Å². The second-order valence-electron chi connectivity index (χ2n) is 10.3. The smallest absolute Gasteiger partial charge is 0.267 e. The summed E-state index contributed by atoms with van der Waals surface area (Å²) in [7, 11) is -2.06. The number of likely N-dealkylation sites (N-methyl/N-ethyl adjacent to an activating group) is 1. The van der Waals surface area contributed by atoms with Gasteiger partial charge in [-0.3, -0.25) is 4.55 Å². The highest BCUT2D eigenvalue weighted by molar-refractivity contribution is 7.85. The molecule has 0 aromatic rings. The zero-order valence-corrected chi connectivity index (χ0v) is 22.5. The minimum atomic E-state index is -4.12. The summed E-state index contributed by atoms with van der Waals surface area (Å²) >= 11 is 0. The van der Waals surface area contributed by atoms with Crippen molar-refractivity contribution in [3.63, 3.8) is 0 Å². The molecule has 0 aliphatic heterocycles. The molecule has 0 spiro atoms. The molecule has 32 heavy (non-hydrogen) atoms. The first-order chi connectivity index (χ1) is 15.2. The molecule has 0 saturated heterocycles. The van der Waals surface area contributed by atoms with Crippen molar-refractivity contribution < 1.29 is 22.6 Å². The van der Waals surface area contributed by atoms with Crippen LogP contribution in [-0.2, 0) is 10.1 Å². The summed E-state index contributed by atoms with van der Waals surface area (Å²) in [6.07, 6.45) is 23.5. The average Bonchev–Trinajstić information content (AvgIpc) is 2.71. The van der Waals surface area contributed by atoms with E-state index in [1.807, 2.05) is 0 Å². The summed E-state index contributed by atoms with van der Waals surface area (Å²) in [4.78, 5) is 0. The molecule has 0 aromatic carbocycles. The highest BCUT2D eigenvalue weighted by Crippen LogP contribution is 2.15. The van der Waals surface area contributed by atoms with Gasteiger partial charge in [0.05, 0.1) is 20.1 Å². The highest BCUT2D eigenvalue weighted by atomic mass is 32.2. The van der Waals surface area contributed by atoms with Crippen LogP contribution in [0.4, 0.5) is 0 Å². The number of hydrogen-bond donors (Lipinski definition) is 2. The Labute approximate surface area is 200 Å². The van der Waals surface area contributed by atoms with Crippen molar-refractivity contribution in [3.8, 4) is 0 Å². The molecular weight excluding hydrogens is 422 g/mol. The maximum absolute atomic E-state index is 10.9. The number of aliphatic hydroxyl groups excluding tert-OH is 1. The number of hydrogen-bond acceptors (Lipinski definition) is 3. The molecule has 2 unspecified atom stereocenters. The lowest BCUT2D eigenvalue weighted by Gasteiger charge is -2.35. The maximum Gasteiger partial charge on any atom is 0.267 e. The summed E-state index contributed by atoms with van der Waals surface area (Å²) in [6.45, 7) is 6.50. The first kappa shape index (κ1) is 31.8. The lowest BCUT2D eigenvalue weighted by Crippen LogP contribution is -2.50. The molecule has 0 radical (unpaired) electrons. The van der Waals surface area contributed by atoms with Gasteiger partial charge >= 0.3 is 0 Å². The second kappa shape index (κ2) is 20.2. The Hall–Kier alpha value is -0.170. The van der Waals surface area contributed by atoms with Crippen molar-refractivity contribution >= 4 is 10.1 Å². The minimum Gasteiger partial charge on any atom is -0.386 e. The Balaban J connectivity index is 3.49. The molecular formula is C26H56NO4S+. The standard InChI is InChI=1S/C26H55NO4S/c1-4-6-7-8-9-10-11-12-13-14-15-16-17-18-19-20-21-22-23-27(3,5-2)24-26(28)25-32(29,30)31/h26,28H,4-25H2,1-3H3/p+1. The average molecular weight is 479 g/mol. The fourth-order valence-electron chi connectivity index (χ4n) is 4.58. The molecule has 194 valence electrons. The van der Waals surface area contributed by atoms with Crippen molar-refractivity contribution in [1.82, 2.24) is 0 Å². The Morgan fingerprint density at radius 3 is 1.31 bits per heavy atom. The zero-order valence-electron chi connectivity index (χ0n) is 21.7. The maximum atomic E-state index is 10.9. The van der Waals surface area contributed by atoms with Crippen LogP contribution in [0.15, 0.2) is 0 Å². The van der Waals surface area contributed by atoms with E-state index in [1.165, 1.54) is 109 Å². The van der Waals surface area contributed by atoms with E-state index >= 15 is 0 Å². The van der Waals surface area contributed by atoms with Crippen molar-refractivity contribution in [1.29, 1.82) is 0 Å². The largest absolute Gasteiger partial charge is 0.386 e. The molecule has 2 N–H and O–H groups in total. The lowest BCUT2D eigenvalue weighted by molar-refractivity contribution is -0.910. The topological polar surface area (TPSA) is 74.6 Å². The van der Waals surface area contributed by atoms with Gasteiger partial charge in [0.15, 0.2) is 0 Å². The molecule has 0 saturated carbocycles. The first-order valence-corrected chi connectivity index (χ1v) is 15.3. The van der Waals surface area contributed by atoms with Gasteiger partial charge in [0.1, 0.15) is 18.4 Å². The summed E-state index contributed by atoms with van der Waals surface area (Å²) in [5.74, 6) is -0.569. The number of aliphatic hydroxyl groups is 1. The van der Waals surface area contributed by atoms with Gasteiger partial charge in [0.2, 0.25) is 0 Å². The van der Waals surface area contributed by atoms with Crippen molar-refractivity contribution in [2.75, 3.05) is 32.4 Å². The van der Waals surface area contributed by atoms with Crippen LogP contribution in [0.1, 0.15) is 129 Å². The van der Waals surface area contributed by atoms with Gasteiger partial charge in [0, 0.05) is 0 Å². The van der Waals surface area contributed by atoms with Crippen molar-refractivity contribution in [3.05, 3.63) is 0 Å². The van der Waals surface area contributed by atoms with Crippen LogP contribution in [0.5, 0.6) is 0 Å². The van der Waals surface area contributed by atoms with E-state index < -0.39 is 22.0 Å². The normalized spacial score (nSPS) is 15.0. The quantitative estimate of drug-likeness (QED) is 0.0914. The minimum absolute atomic E-state index is 0.370. The zero-order chi connectivity index (χ0) is 24.1. The predicted octanol–water partition coefficient (Wildman–Crippen LogP) is 6.74. The third-order valence-corrected chi connectivity index (χ3v) is 7.68. The number of rotatable bonds is 24. The SMILES string of the molecule is CCCCCCCCCCCCCCCCCCCC[N+](C)(CC)CC(O)CS(=O)(=O)O. The molecule has 0 bridgehead atoms. The molecule has 0 aliphatic rings. The van der Waals surface area contributed by atoms with E-state index in [0.29, 0.717) is 11.0 Å². The van der Waals surface area contributed by atoms with Crippen LogP contribution in [0.3, 0.4) is 0 Å².